The Balaban J connectivity index is 0.000000561. The lowest BCUT2D eigenvalue weighted by molar-refractivity contribution is 1.27. The zero-order chi connectivity index (χ0) is 9.40. The van der Waals surface area contributed by atoms with Gasteiger partial charge in [0.1, 0.15) is 5.84 Å². The average molecular weight is 164 g/mol. The predicted octanol–water partition coefficient (Wildman–Crippen LogP) is 2.62. The molecule has 0 saturated carbocycles. The molecule has 1 aliphatic heterocycles. The van der Waals surface area contributed by atoms with Crippen LogP contribution in [0.4, 0.5) is 0 Å². The van der Waals surface area contributed by atoms with Crippen molar-refractivity contribution in [2.24, 2.45) is 4.99 Å². The second kappa shape index (κ2) is 6.40. The Labute approximate surface area is 74.4 Å². The first-order valence-corrected chi connectivity index (χ1v) is 4.17. The fourth-order valence-corrected chi connectivity index (χ4v) is 0.796. The molecule has 1 heterocycles. The first-order valence-electron chi connectivity index (χ1n) is 4.17. The van der Waals surface area contributed by atoms with Gasteiger partial charge in [-0.25, -0.2) is 4.99 Å². The number of aliphatic imine (C=N–C) groups is 1. The van der Waals surface area contributed by atoms with Crippen LogP contribution in [0, 0.1) is 0 Å². The highest BCUT2D eigenvalue weighted by Gasteiger charge is 2.03. The summed E-state index contributed by atoms with van der Waals surface area (Å²) in [4.78, 5) is 4.06. The van der Waals surface area contributed by atoms with Crippen LogP contribution in [0.15, 0.2) is 41.7 Å². The van der Waals surface area contributed by atoms with Gasteiger partial charge in [0.25, 0.3) is 0 Å². The van der Waals surface area contributed by atoms with E-state index in [1.54, 1.807) is 12.4 Å². The van der Waals surface area contributed by atoms with Crippen LogP contribution in [0.25, 0.3) is 0 Å². The van der Waals surface area contributed by atoms with E-state index in [0.717, 1.165) is 11.4 Å². The van der Waals surface area contributed by atoms with Crippen LogP contribution in [-0.4, -0.2) is 5.84 Å². The Morgan fingerprint density at radius 2 is 2.17 bits per heavy atom. The summed E-state index contributed by atoms with van der Waals surface area (Å²) < 4.78 is 0. The van der Waals surface area contributed by atoms with Crippen LogP contribution < -0.4 is 5.32 Å². The van der Waals surface area contributed by atoms with E-state index in [1.807, 2.05) is 32.9 Å². The molecular weight excluding hydrogens is 148 g/mol. The van der Waals surface area contributed by atoms with E-state index >= 15 is 0 Å². The van der Waals surface area contributed by atoms with Gasteiger partial charge in [0.05, 0.1) is 0 Å². The maximum atomic E-state index is 4.06. The van der Waals surface area contributed by atoms with Gasteiger partial charge in [-0.15, -0.1) is 0 Å². The largest absolute Gasteiger partial charge is 0.347 e. The molecule has 2 heteroatoms. The number of allylic oxidation sites excluding steroid dienone is 1. The van der Waals surface area contributed by atoms with Gasteiger partial charge < -0.3 is 5.32 Å². The minimum absolute atomic E-state index is 0.873. The van der Waals surface area contributed by atoms with Crippen molar-refractivity contribution in [3.63, 3.8) is 0 Å². The average Bonchev–Trinajstić information content (AvgIpc) is 2.56. The van der Waals surface area contributed by atoms with E-state index < -0.39 is 0 Å². The SMILES string of the molecule is C=CNC1=NC=C/C1=C/C.CC. The smallest absolute Gasteiger partial charge is 0.136 e. The van der Waals surface area contributed by atoms with Gasteiger partial charge in [-0.05, 0) is 19.2 Å². The lowest BCUT2D eigenvalue weighted by atomic mass is 10.2. The molecule has 0 atom stereocenters. The third-order valence-corrected chi connectivity index (χ3v) is 1.28. The van der Waals surface area contributed by atoms with Gasteiger partial charge >= 0.3 is 0 Å². The van der Waals surface area contributed by atoms with Gasteiger partial charge in [0.15, 0.2) is 0 Å². The number of nitrogens with zero attached hydrogens (tertiary/aromatic N) is 1. The minimum atomic E-state index is 0.873. The number of rotatable bonds is 1. The molecule has 66 valence electrons. The molecule has 0 unspecified atom stereocenters. The Morgan fingerprint density at radius 1 is 1.50 bits per heavy atom. The molecule has 0 aromatic carbocycles. The Kier molecular flexibility index (Phi) is 5.70. The quantitative estimate of drug-likeness (QED) is 0.633. The van der Waals surface area contributed by atoms with E-state index in [-0.39, 0.29) is 0 Å². The summed E-state index contributed by atoms with van der Waals surface area (Å²) in [6, 6.07) is 0. The summed E-state index contributed by atoms with van der Waals surface area (Å²) in [5, 5.41) is 2.93. The molecule has 1 N–H and O–H groups in total. The van der Waals surface area contributed by atoms with Gasteiger partial charge in [0, 0.05) is 11.8 Å². The summed E-state index contributed by atoms with van der Waals surface area (Å²) in [7, 11) is 0. The van der Waals surface area contributed by atoms with E-state index in [4.69, 9.17) is 0 Å². The molecule has 1 aliphatic rings. The molecule has 0 aromatic heterocycles. The van der Waals surface area contributed by atoms with Crippen molar-refractivity contribution in [1.82, 2.24) is 5.32 Å². The maximum absolute atomic E-state index is 4.06. The molecule has 0 radical (unpaired) electrons. The second-order valence-corrected chi connectivity index (χ2v) is 1.89. The molecular formula is C10H16N2. The minimum Gasteiger partial charge on any atom is -0.347 e. The molecule has 0 fully saturated rings. The van der Waals surface area contributed by atoms with E-state index in [1.165, 1.54) is 0 Å². The van der Waals surface area contributed by atoms with Crippen molar-refractivity contribution in [3.05, 3.63) is 36.7 Å². The monoisotopic (exact) mass is 164 g/mol. The zero-order valence-corrected chi connectivity index (χ0v) is 7.96. The summed E-state index contributed by atoms with van der Waals surface area (Å²) in [6.07, 6.45) is 7.33. The molecule has 0 bridgehead atoms. The zero-order valence-electron chi connectivity index (χ0n) is 7.96. The van der Waals surface area contributed by atoms with Crippen molar-refractivity contribution in [3.8, 4) is 0 Å². The first kappa shape index (κ1) is 10.7. The van der Waals surface area contributed by atoms with Crippen LogP contribution in [0.2, 0.25) is 0 Å². The molecule has 1 rings (SSSR count). The van der Waals surface area contributed by atoms with Gasteiger partial charge in [-0.1, -0.05) is 26.5 Å². The van der Waals surface area contributed by atoms with E-state index in [2.05, 4.69) is 16.9 Å². The highest BCUT2D eigenvalue weighted by atomic mass is 15.0. The van der Waals surface area contributed by atoms with Crippen molar-refractivity contribution in [2.75, 3.05) is 0 Å². The van der Waals surface area contributed by atoms with Gasteiger partial charge in [-0.2, -0.15) is 0 Å². The second-order valence-electron chi connectivity index (χ2n) is 1.89. The summed E-state index contributed by atoms with van der Waals surface area (Å²) in [5.74, 6) is 0.873. The van der Waals surface area contributed by atoms with Crippen molar-refractivity contribution in [2.45, 2.75) is 20.8 Å². The summed E-state index contributed by atoms with van der Waals surface area (Å²) >= 11 is 0. The fraction of sp³-hybridized carbons (Fsp3) is 0.300. The molecule has 12 heavy (non-hydrogen) atoms. The normalized spacial score (nSPS) is 16.6. The standard InChI is InChI=1S/C8H10N2.C2H6/c1-3-7-5-6-10-8(7)9-4-2;1-2/h3-6H,2H2,1H3,(H,9,10);1-2H3/b7-3-;. The van der Waals surface area contributed by atoms with Crippen molar-refractivity contribution < 1.29 is 0 Å². The Morgan fingerprint density at radius 3 is 2.67 bits per heavy atom. The van der Waals surface area contributed by atoms with Gasteiger partial charge in [0.2, 0.25) is 0 Å². The first-order chi connectivity index (χ1) is 5.88. The number of hydrogen-bond acceptors (Lipinski definition) is 2. The number of hydrogen-bond donors (Lipinski definition) is 1. The predicted molar refractivity (Wildman–Crippen MR) is 55.0 cm³/mol. The molecule has 0 aromatic rings. The number of nitrogens with one attached hydrogen (secondary N) is 1. The van der Waals surface area contributed by atoms with Crippen LogP contribution in [0.1, 0.15) is 20.8 Å². The molecule has 0 amide bonds. The summed E-state index contributed by atoms with van der Waals surface area (Å²) in [6.45, 7) is 9.52. The van der Waals surface area contributed by atoms with Crippen LogP contribution >= 0.6 is 0 Å². The summed E-state index contributed by atoms with van der Waals surface area (Å²) in [5.41, 5.74) is 1.11. The van der Waals surface area contributed by atoms with Crippen molar-refractivity contribution >= 4 is 5.84 Å². The van der Waals surface area contributed by atoms with Crippen molar-refractivity contribution in [1.29, 1.82) is 0 Å². The number of amidine groups is 1. The van der Waals surface area contributed by atoms with Crippen LogP contribution in [0.3, 0.4) is 0 Å². The molecule has 0 aliphatic carbocycles. The topological polar surface area (TPSA) is 24.4 Å². The lowest BCUT2D eigenvalue weighted by Crippen LogP contribution is -2.15. The highest BCUT2D eigenvalue weighted by molar-refractivity contribution is 6.03. The lowest BCUT2D eigenvalue weighted by Gasteiger charge is -1.99. The highest BCUT2D eigenvalue weighted by Crippen LogP contribution is 2.05. The third kappa shape index (κ3) is 2.74. The Bertz CT molecular complexity index is 222. The van der Waals surface area contributed by atoms with E-state index in [9.17, 15) is 0 Å². The molecule has 0 spiro atoms. The molecule has 0 saturated heterocycles. The van der Waals surface area contributed by atoms with Gasteiger partial charge in [-0.3, -0.25) is 0 Å². The third-order valence-electron chi connectivity index (χ3n) is 1.28. The van der Waals surface area contributed by atoms with Crippen LogP contribution in [-0.2, 0) is 0 Å². The fourth-order valence-electron chi connectivity index (χ4n) is 0.796. The maximum Gasteiger partial charge on any atom is 0.136 e. The molecule has 2 nitrogen and oxygen atoms in total. The Hall–Kier alpha value is -1.31. The van der Waals surface area contributed by atoms with E-state index in [0.29, 0.717) is 0 Å². The van der Waals surface area contributed by atoms with Crippen LogP contribution in [0.5, 0.6) is 0 Å².